The summed E-state index contributed by atoms with van der Waals surface area (Å²) < 4.78 is 32.7. The van der Waals surface area contributed by atoms with Crippen molar-refractivity contribution >= 4 is 10.0 Å². The molecular weight excluding hydrogens is 288 g/mol. The van der Waals surface area contributed by atoms with Gasteiger partial charge < -0.3 is 10.1 Å². The number of methoxy groups -OCH3 is 1. The molecule has 2 rings (SSSR count). The highest BCUT2D eigenvalue weighted by molar-refractivity contribution is 7.89. The van der Waals surface area contributed by atoms with Gasteiger partial charge in [0.25, 0.3) is 0 Å². The average Bonchev–Trinajstić information content (AvgIpc) is 2.46. The first-order chi connectivity index (χ1) is 9.90. The molecule has 0 aromatic heterocycles. The summed E-state index contributed by atoms with van der Waals surface area (Å²) in [5, 5.41) is 3.18. The van der Waals surface area contributed by atoms with Crippen LogP contribution in [-0.2, 0) is 10.0 Å². The Morgan fingerprint density at radius 3 is 2.43 bits per heavy atom. The van der Waals surface area contributed by atoms with Crippen molar-refractivity contribution in [2.75, 3.05) is 27.2 Å². The van der Waals surface area contributed by atoms with E-state index in [0.717, 1.165) is 24.0 Å². The van der Waals surface area contributed by atoms with Crippen LogP contribution in [0.25, 0.3) is 0 Å². The highest BCUT2D eigenvalue weighted by Crippen LogP contribution is 2.29. The van der Waals surface area contributed by atoms with Gasteiger partial charge in [0.05, 0.1) is 12.0 Å². The van der Waals surface area contributed by atoms with Crippen LogP contribution in [-0.4, -0.2) is 46.0 Å². The Kier molecular flexibility index (Phi) is 4.91. The van der Waals surface area contributed by atoms with E-state index in [9.17, 15) is 8.42 Å². The standard InChI is InChI=1S/C15H24N2O3S/c1-11-8-14(20-4)9-12(2)15(11)21(18,19)17-7-5-6-13(10-17)16-3/h8-9,13,16H,5-7,10H2,1-4H3. The molecule has 1 unspecified atom stereocenters. The fourth-order valence-corrected chi connectivity index (χ4v) is 4.90. The third-order valence-corrected chi connectivity index (χ3v) is 6.23. The molecule has 0 bridgehead atoms. The van der Waals surface area contributed by atoms with E-state index >= 15 is 0 Å². The van der Waals surface area contributed by atoms with Gasteiger partial charge in [-0.3, -0.25) is 0 Å². The molecule has 1 fully saturated rings. The molecule has 1 aliphatic heterocycles. The molecule has 1 aromatic carbocycles. The maximum atomic E-state index is 12.9. The van der Waals surface area contributed by atoms with Gasteiger partial charge in [0.2, 0.25) is 10.0 Å². The number of hydrogen-bond acceptors (Lipinski definition) is 4. The zero-order chi connectivity index (χ0) is 15.6. The highest BCUT2D eigenvalue weighted by Gasteiger charge is 2.31. The summed E-state index contributed by atoms with van der Waals surface area (Å²) in [6, 6.07) is 3.78. The minimum atomic E-state index is -3.45. The smallest absolute Gasteiger partial charge is 0.243 e. The lowest BCUT2D eigenvalue weighted by molar-refractivity contribution is 0.292. The summed E-state index contributed by atoms with van der Waals surface area (Å²) in [6.07, 6.45) is 1.90. The Hall–Kier alpha value is -1.11. The number of hydrogen-bond donors (Lipinski definition) is 1. The van der Waals surface area contributed by atoms with Crippen LogP contribution in [0, 0.1) is 13.8 Å². The fourth-order valence-electron chi connectivity index (χ4n) is 2.96. The molecule has 5 nitrogen and oxygen atoms in total. The van der Waals surface area contributed by atoms with E-state index in [0.29, 0.717) is 23.7 Å². The zero-order valence-electron chi connectivity index (χ0n) is 13.1. The van der Waals surface area contributed by atoms with Crippen LogP contribution in [0.1, 0.15) is 24.0 Å². The van der Waals surface area contributed by atoms with Gasteiger partial charge in [-0.25, -0.2) is 8.42 Å². The van der Waals surface area contributed by atoms with Crippen molar-refractivity contribution in [3.8, 4) is 5.75 Å². The minimum Gasteiger partial charge on any atom is -0.497 e. The first-order valence-corrected chi connectivity index (χ1v) is 8.66. The van der Waals surface area contributed by atoms with Crippen molar-refractivity contribution in [3.05, 3.63) is 23.3 Å². The molecule has 6 heteroatoms. The monoisotopic (exact) mass is 312 g/mol. The normalized spacial score (nSPS) is 20.5. The van der Waals surface area contributed by atoms with E-state index < -0.39 is 10.0 Å². The van der Waals surface area contributed by atoms with Crippen LogP contribution < -0.4 is 10.1 Å². The first-order valence-electron chi connectivity index (χ1n) is 7.22. The van der Waals surface area contributed by atoms with Crippen molar-refractivity contribution in [2.45, 2.75) is 37.6 Å². The fraction of sp³-hybridized carbons (Fsp3) is 0.600. The van der Waals surface area contributed by atoms with Crippen molar-refractivity contribution < 1.29 is 13.2 Å². The summed E-state index contributed by atoms with van der Waals surface area (Å²) in [6.45, 7) is 4.76. The molecule has 1 N–H and O–H groups in total. The van der Waals surface area contributed by atoms with Gasteiger partial charge in [-0.05, 0) is 57.0 Å². The zero-order valence-corrected chi connectivity index (χ0v) is 14.0. The molecule has 1 aromatic rings. The molecule has 0 spiro atoms. The molecule has 1 saturated heterocycles. The van der Waals surface area contributed by atoms with Gasteiger partial charge in [-0.2, -0.15) is 4.31 Å². The van der Waals surface area contributed by atoms with E-state index in [1.165, 1.54) is 0 Å². The Bertz CT molecular complexity index is 590. The summed E-state index contributed by atoms with van der Waals surface area (Å²) in [7, 11) is 0.0139. The first kappa shape index (κ1) is 16.3. The summed E-state index contributed by atoms with van der Waals surface area (Å²) in [5.74, 6) is 0.690. The van der Waals surface area contributed by atoms with E-state index in [2.05, 4.69) is 5.32 Å². The SMILES string of the molecule is CNC1CCCN(S(=O)(=O)c2c(C)cc(OC)cc2C)C1. The summed E-state index contributed by atoms with van der Waals surface area (Å²) in [4.78, 5) is 0.417. The Morgan fingerprint density at radius 1 is 1.29 bits per heavy atom. The van der Waals surface area contributed by atoms with Gasteiger partial charge in [0.15, 0.2) is 0 Å². The minimum absolute atomic E-state index is 0.229. The van der Waals surface area contributed by atoms with Crippen molar-refractivity contribution in [1.82, 2.24) is 9.62 Å². The molecule has 1 aliphatic rings. The molecule has 0 amide bonds. The predicted molar refractivity (Wildman–Crippen MR) is 83.3 cm³/mol. The molecule has 21 heavy (non-hydrogen) atoms. The number of sulfonamides is 1. The second kappa shape index (κ2) is 6.34. The number of rotatable bonds is 4. The van der Waals surface area contributed by atoms with Crippen LogP contribution in [0.4, 0.5) is 0 Å². The summed E-state index contributed by atoms with van der Waals surface area (Å²) >= 11 is 0. The number of nitrogens with one attached hydrogen (secondary N) is 1. The molecule has 0 saturated carbocycles. The molecule has 1 heterocycles. The topological polar surface area (TPSA) is 58.6 Å². The largest absolute Gasteiger partial charge is 0.497 e. The number of piperidine rings is 1. The quantitative estimate of drug-likeness (QED) is 0.919. The predicted octanol–water partition coefficient (Wildman–Crippen LogP) is 1.68. The van der Waals surface area contributed by atoms with Gasteiger partial charge in [-0.15, -0.1) is 0 Å². The van der Waals surface area contributed by atoms with Crippen LogP contribution in [0.15, 0.2) is 17.0 Å². The maximum Gasteiger partial charge on any atom is 0.243 e. The van der Waals surface area contributed by atoms with E-state index in [1.54, 1.807) is 23.5 Å². The lowest BCUT2D eigenvalue weighted by atomic mass is 10.1. The molecule has 1 atom stereocenters. The number of benzene rings is 1. The lowest BCUT2D eigenvalue weighted by Crippen LogP contribution is -2.47. The maximum absolute atomic E-state index is 12.9. The molecule has 0 aliphatic carbocycles. The van der Waals surface area contributed by atoms with Gasteiger partial charge >= 0.3 is 0 Å². The molecular formula is C15H24N2O3S. The number of nitrogens with zero attached hydrogens (tertiary/aromatic N) is 1. The van der Waals surface area contributed by atoms with Gasteiger partial charge in [0, 0.05) is 19.1 Å². The van der Waals surface area contributed by atoms with Crippen LogP contribution in [0.5, 0.6) is 5.75 Å². The highest BCUT2D eigenvalue weighted by atomic mass is 32.2. The van der Waals surface area contributed by atoms with Crippen LogP contribution in [0.3, 0.4) is 0 Å². The third-order valence-electron chi connectivity index (χ3n) is 4.06. The molecule has 118 valence electrons. The van der Waals surface area contributed by atoms with Gasteiger partial charge in [0.1, 0.15) is 5.75 Å². The second-order valence-corrected chi connectivity index (χ2v) is 7.46. The van der Waals surface area contributed by atoms with Crippen LogP contribution >= 0.6 is 0 Å². The number of likely N-dealkylation sites (N-methyl/N-ethyl adjacent to an activating group) is 1. The van der Waals surface area contributed by atoms with Crippen molar-refractivity contribution in [1.29, 1.82) is 0 Å². The Labute approximate surface area is 127 Å². The van der Waals surface area contributed by atoms with Gasteiger partial charge in [-0.1, -0.05) is 0 Å². The average molecular weight is 312 g/mol. The van der Waals surface area contributed by atoms with Crippen molar-refractivity contribution in [2.24, 2.45) is 0 Å². The van der Waals surface area contributed by atoms with E-state index in [1.807, 2.05) is 20.9 Å². The Morgan fingerprint density at radius 2 is 1.90 bits per heavy atom. The number of aryl methyl sites for hydroxylation is 2. The second-order valence-electron chi connectivity index (χ2n) is 5.58. The van der Waals surface area contributed by atoms with Crippen molar-refractivity contribution in [3.63, 3.8) is 0 Å². The molecule has 0 radical (unpaired) electrons. The van der Waals surface area contributed by atoms with Crippen LogP contribution in [0.2, 0.25) is 0 Å². The third kappa shape index (κ3) is 3.22. The Balaban J connectivity index is 2.40. The summed E-state index contributed by atoms with van der Waals surface area (Å²) in [5.41, 5.74) is 1.47. The number of ether oxygens (including phenoxy) is 1. The lowest BCUT2D eigenvalue weighted by Gasteiger charge is -2.32. The van der Waals surface area contributed by atoms with E-state index in [-0.39, 0.29) is 6.04 Å². The van der Waals surface area contributed by atoms with E-state index in [4.69, 9.17) is 4.74 Å².